The summed E-state index contributed by atoms with van der Waals surface area (Å²) < 4.78 is 0. The molecular weight excluding hydrogens is 182 g/mol. The highest BCUT2D eigenvalue weighted by Gasteiger charge is 2.20. The SMILES string of the molecule is NCC1CCCN(c2n[nH]c(=O)[nH]2)C1. The maximum absolute atomic E-state index is 10.9. The van der Waals surface area contributed by atoms with Gasteiger partial charge in [-0.1, -0.05) is 0 Å². The fourth-order valence-electron chi connectivity index (χ4n) is 1.86. The molecule has 1 fully saturated rings. The second kappa shape index (κ2) is 3.83. The van der Waals surface area contributed by atoms with Gasteiger partial charge in [0.25, 0.3) is 0 Å². The number of nitrogens with zero attached hydrogens (tertiary/aromatic N) is 2. The van der Waals surface area contributed by atoms with E-state index in [1.54, 1.807) is 0 Å². The number of piperidine rings is 1. The Morgan fingerprint density at radius 3 is 3.14 bits per heavy atom. The van der Waals surface area contributed by atoms with E-state index in [0.29, 0.717) is 18.4 Å². The summed E-state index contributed by atoms with van der Waals surface area (Å²) in [5.41, 5.74) is 5.37. The average molecular weight is 197 g/mol. The number of aromatic amines is 2. The third kappa shape index (κ3) is 1.79. The lowest BCUT2D eigenvalue weighted by molar-refractivity contribution is 0.420. The van der Waals surface area contributed by atoms with E-state index in [1.165, 1.54) is 6.42 Å². The lowest BCUT2D eigenvalue weighted by Crippen LogP contribution is -2.39. The molecule has 1 aromatic heterocycles. The van der Waals surface area contributed by atoms with Crippen LogP contribution in [0.3, 0.4) is 0 Å². The number of nitrogens with two attached hydrogens (primary N) is 1. The summed E-state index contributed by atoms with van der Waals surface area (Å²) in [6, 6.07) is 0. The van der Waals surface area contributed by atoms with Gasteiger partial charge in [0.15, 0.2) is 0 Å². The lowest BCUT2D eigenvalue weighted by Gasteiger charge is -2.31. The zero-order valence-corrected chi connectivity index (χ0v) is 7.99. The minimum Gasteiger partial charge on any atom is -0.341 e. The Labute approximate surface area is 81.5 Å². The molecule has 6 heteroatoms. The summed E-state index contributed by atoms with van der Waals surface area (Å²) in [6.45, 7) is 2.53. The van der Waals surface area contributed by atoms with Crippen molar-refractivity contribution < 1.29 is 0 Å². The Hall–Kier alpha value is -1.30. The van der Waals surface area contributed by atoms with E-state index in [9.17, 15) is 4.79 Å². The molecule has 1 aromatic rings. The molecule has 0 aromatic carbocycles. The molecular formula is C8H15N5O. The number of aromatic nitrogens is 3. The van der Waals surface area contributed by atoms with Gasteiger partial charge in [-0.3, -0.25) is 4.98 Å². The van der Waals surface area contributed by atoms with Gasteiger partial charge in [0.2, 0.25) is 5.95 Å². The number of hydrogen-bond acceptors (Lipinski definition) is 4. The van der Waals surface area contributed by atoms with Crippen molar-refractivity contribution in [3.63, 3.8) is 0 Å². The largest absolute Gasteiger partial charge is 0.342 e. The molecule has 1 atom stereocenters. The second-order valence-electron chi connectivity index (χ2n) is 3.69. The monoisotopic (exact) mass is 197 g/mol. The Kier molecular flexibility index (Phi) is 2.53. The molecule has 0 aliphatic carbocycles. The third-order valence-corrected chi connectivity index (χ3v) is 2.64. The second-order valence-corrected chi connectivity index (χ2v) is 3.69. The Bertz CT molecular complexity index is 344. The van der Waals surface area contributed by atoms with E-state index in [2.05, 4.69) is 20.1 Å². The van der Waals surface area contributed by atoms with Crippen molar-refractivity contribution >= 4 is 5.95 Å². The van der Waals surface area contributed by atoms with Crippen molar-refractivity contribution in [1.82, 2.24) is 15.2 Å². The van der Waals surface area contributed by atoms with Crippen LogP contribution in [0.15, 0.2) is 4.79 Å². The molecule has 2 heterocycles. The van der Waals surface area contributed by atoms with Crippen LogP contribution in [0, 0.1) is 5.92 Å². The van der Waals surface area contributed by atoms with E-state index < -0.39 is 0 Å². The molecule has 4 N–H and O–H groups in total. The topological polar surface area (TPSA) is 90.8 Å². The van der Waals surface area contributed by atoms with Crippen LogP contribution in [-0.2, 0) is 0 Å². The van der Waals surface area contributed by atoms with Crippen LogP contribution in [0.2, 0.25) is 0 Å². The van der Waals surface area contributed by atoms with Gasteiger partial charge in [-0.05, 0) is 25.3 Å². The molecule has 14 heavy (non-hydrogen) atoms. The molecule has 6 nitrogen and oxygen atoms in total. The van der Waals surface area contributed by atoms with E-state index in [1.807, 2.05) is 0 Å². The highest BCUT2D eigenvalue weighted by Crippen LogP contribution is 2.17. The normalized spacial score (nSPS) is 22.6. The number of anilines is 1. The molecule has 1 aliphatic heterocycles. The summed E-state index contributed by atoms with van der Waals surface area (Å²) in [5.74, 6) is 1.15. The van der Waals surface area contributed by atoms with Crippen LogP contribution >= 0.6 is 0 Å². The molecule has 2 rings (SSSR count). The van der Waals surface area contributed by atoms with E-state index in [-0.39, 0.29) is 5.69 Å². The summed E-state index contributed by atoms with van der Waals surface area (Å²) in [7, 11) is 0. The van der Waals surface area contributed by atoms with Crippen LogP contribution in [0.5, 0.6) is 0 Å². The summed E-state index contributed by atoms with van der Waals surface area (Å²) in [5, 5.41) is 6.26. The molecule has 0 amide bonds. The van der Waals surface area contributed by atoms with Gasteiger partial charge in [0, 0.05) is 13.1 Å². The molecule has 78 valence electrons. The van der Waals surface area contributed by atoms with E-state index in [0.717, 1.165) is 19.5 Å². The lowest BCUT2D eigenvalue weighted by atomic mass is 9.99. The molecule has 0 saturated carbocycles. The zero-order chi connectivity index (χ0) is 9.97. The molecule has 1 unspecified atom stereocenters. The van der Waals surface area contributed by atoms with E-state index >= 15 is 0 Å². The van der Waals surface area contributed by atoms with Crippen LogP contribution in [0.25, 0.3) is 0 Å². The van der Waals surface area contributed by atoms with Gasteiger partial charge < -0.3 is 10.6 Å². The minimum absolute atomic E-state index is 0.255. The van der Waals surface area contributed by atoms with Crippen molar-refractivity contribution in [1.29, 1.82) is 0 Å². The average Bonchev–Trinajstić information content (AvgIpc) is 2.65. The van der Waals surface area contributed by atoms with E-state index in [4.69, 9.17) is 5.73 Å². The van der Waals surface area contributed by atoms with Crippen molar-refractivity contribution in [2.45, 2.75) is 12.8 Å². The first-order valence-electron chi connectivity index (χ1n) is 4.89. The van der Waals surface area contributed by atoms with Crippen LogP contribution in [0.4, 0.5) is 5.95 Å². The predicted octanol–water partition coefficient (Wildman–Crippen LogP) is -0.727. The van der Waals surface area contributed by atoms with Crippen LogP contribution in [-0.4, -0.2) is 34.8 Å². The maximum atomic E-state index is 10.9. The smallest absolute Gasteiger partial charge is 0.341 e. The van der Waals surface area contributed by atoms with Gasteiger partial charge in [0.05, 0.1) is 0 Å². The van der Waals surface area contributed by atoms with Crippen molar-refractivity contribution in [2.24, 2.45) is 11.7 Å². The molecule has 0 bridgehead atoms. The molecule has 0 spiro atoms. The Morgan fingerprint density at radius 1 is 1.64 bits per heavy atom. The van der Waals surface area contributed by atoms with Gasteiger partial charge in [-0.2, -0.15) is 0 Å². The third-order valence-electron chi connectivity index (χ3n) is 2.64. The Morgan fingerprint density at radius 2 is 2.50 bits per heavy atom. The molecule has 1 saturated heterocycles. The maximum Gasteiger partial charge on any atom is 0.342 e. The van der Waals surface area contributed by atoms with Gasteiger partial charge in [-0.25, -0.2) is 9.89 Å². The fraction of sp³-hybridized carbons (Fsp3) is 0.750. The van der Waals surface area contributed by atoms with Crippen molar-refractivity contribution in [2.75, 3.05) is 24.5 Å². The summed E-state index contributed by atoms with van der Waals surface area (Å²) in [4.78, 5) is 15.6. The summed E-state index contributed by atoms with van der Waals surface area (Å²) >= 11 is 0. The van der Waals surface area contributed by atoms with Gasteiger partial charge >= 0.3 is 5.69 Å². The molecule has 0 radical (unpaired) electrons. The number of rotatable bonds is 2. The quantitative estimate of drug-likeness (QED) is 0.583. The molecule has 1 aliphatic rings. The highest BCUT2D eigenvalue weighted by atomic mass is 16.1. The number of nitrogens with one attached hydrogen (secondary N) is 2. The van der Waals surface area contributed by atoms with Crippen molar-refractivity contribution in [3.05, 3.63) is 10.5 Å². The minimum atomic E-state index is -0.255. The Balaban J connectivity index is 2.07. The first-order chi connectivity index (χ1) is 6.79. The predicted molar refractivity (Wildman–Crippen MR) is 53.2 cm³/mol. The first kappa shape index (κ1) is 9.26. The highest BCUT2D eigenvalue weighted by molar-refractivity contribution is 5.27. The number of hydrogen-bond donors (Lipinski definition) is 3. The fourth-order valence-corrected chi connectivity index (χ4v) is 1.86. The van der Waals surface area contributed by atoms with Crippen molar-refractivity contribution in [3.8, 4) is 0 Å². The number of H-pyrrole nitrogens is 2. The van der Waals surface area contributed by atoms with Crippen LogP contribution in [0.1, 0.15) is 12.8 Å². The van der Waals surface area contributed by atoms with Gasteiger partial charge in [0.1, 0.15) is 0 Å². The van der Waals surface area contributed by atoms with Gasteiger partial charge in [-0.15, -0.1) is 5.10 Å². The summed E-state index contributed by atoms with van der Waals surface area (Å²) in [6.07, 6.45) is 2.28. The first-order valence-corrected chi connectivity index (χ1v) is 4.89. The van der Waals surface area contributed by atoms with Crippen LogP contribution < -0.4 is 16.3 Å². The standard InChI is InChI=1S/C8H15N5O/c9-4-6-2-1-3-13(5-6)7-10-8(14)12-11-7/h6H,1-5,9H2,(H2,10,11,12,14). The zero-order valence-electron chi connectivity index (χ0n) is 7.99.